The molecule has 0 heterocycles. The van der Waals surface area contributed by atoms with E-state index in [1.807, 2.05) is 62.4 Å². The van der Waals surface area contributed by atoms with Crippen LogP contribution in [0.2, 0.25) is 0 Å². The molecule has 4 heteroatoms. The summed E-state index contributed by atoms with van der Waals surface area (Å²) in [6, 6.07) is 18.2. The second-order valence-corrected chi connectivity index (χ2v) is 5.23. The maximum atomic E-state index is 12.1. The molecule has 1 N–H and O–H groups in total. The van der Waals surface area contributed by atoms with Crippen molar-refractivity contribution in [3.05, 3.63) is 65.7 Å². The van der Waals surface area contributed by atoms with Gasteiger partial charge in [-0.3, -0.25) is 4.79 Å². The molecule has 0 saturated heterocycles. The second-order valence-electron chi connectivity index (χ2n) is 5.23. The van der Waals surface area contributed by atoms with Gasteiger partial charge in [0, 0.05) is 5.69 Å². The van der Waals surface area contributed by atoms with Crippen molar-refractivity contribution in [2.45, 2.75) is 20.0 Å². The lowest BCUT2D eigenvalue weighted by Crippen LogP contribution is -2.13. The molecule has 1 amide bonds. The third kappa shape index (κ3) is 5.01. The number of nitriles is 1. The number of anilines is 1. The smallest absolute Gasteiger partial charge is 0.266 e. The summed E-state index contributed by atoms with van der Waals surface area (Å²) in [6.07, 6.45) is 1.65. The zero-order valence-electron chi connectivity index (χ0n) is 13.1. The highest BCUT2D eigenvalue weighted by Crippen LogP contribution is 2.16. The van der Waals surface area contributed by atoms with Crippen LogP contribution < -0.4 is 10.1 Å². The highest BCUT2D eigenvalue weighted by atomic mass is 16.5. The Labute approximate surface area is 136 Å². The Kier molecular flexibility index (Phi) is 5.54. The number of para-hydroxylation sites is 1. The number of nitrogens with one attached hydrogen (secondary N) is 1. The van der Waals surface area contributed by atoms with Crippen LogP contribution in [0, 0.1) is 11.3 Å². The van der Waals surface area contributed by atoms with Crippen molar-refractivity contribution < 1.29 is 9.53 Å². The van der Waals surface area contributed by atoms with E-state index in [1.54, 1.807) is 18.2 Å². The number of ether oxygens (including phenoxy) is 1. The molecular weight excluding hydrogens is 288 g/mol. The number of benzene rings is 2. The minimum atomic E-state index is -0.429. The van der Waals surface area contributed by atoms with E-state index in [1.165, 1.54) is 0 Å². The largest absolute Gasteiger partial charge is 0.491 e. The lowest BCUT2D eigenvalue weighted by Gasteiger charge is -2.09. The van der Waals surface area contributed by atoms with Gasteiger partial charge >= 0.3 is 0 Å². The highest BCUT2D eigenvalue weighted by molar-refractivity contribution is 6.09. The Morgan fingerprint density at radius 2 is 1.78 bits per heavy atom. The minimum absolute atomic E-state index is 0.0476. The first kappa shape index (κ1) is 16.3. The number of carbonyl (C=O) groups is 1. The fraction of sp³-hybridized carbons (Fsp3) is 0.158. The third-order valence-corrected chi connectivity index (χ3v) is 2.96. The predicted octanol–water partition coefficient (Wildman–Crippen LogP) is 4.02. The molecule has 0 aromatic heterocycles. The first-order valence-corrected chi connectivity index (χ1v) is 7.33. The standard InChI is InChI=1S/C19H18N2O2/c1-14(2)23-18-10-8-15(9-11-18)12-16(13-20)19(22)21-17-6-4-3-5-7-17/h3-12,14H,1-2H3,(H,21,22)/b16-12+. The van der Waals surface area contributed by atoms with Crippen LogP contribution in [-0.4, -0.2) is 12.0 Å². The summed E-state index contributed by atoms with van der Waals surface area (Å²) in [5, 5.41) is 11.9. The van der Waals surface area contributed by atoms with Gasteiger partial charge in [0.1, 0.15) is 17.4 Å². The van der Waals surface area contributed by atoms with Gasteiger partial charge in [0.25, 0.3) is 5.91 Å². The van der Waals surface area contributed by atoms with E-state index in [-0.39, 0.29) is 11.7 Å². The lowest BCUT2D eigenvalue weighted by atomic mass is 10.1. The first-order valence-electron chi connectivity index (χ1n) is 7.33. The van der Waals surface area contributed by atoms with Gasteiger partial charge in [0.2, 0.25) is 0 Å². The summed E-state index contributed by atoms with van der Waals surface area (Å²) in [5.74, 6) is 0.325. The Balaban J connectivity index is 2.12. The molecule has 0 saturated carbocycles. The monoisotopic (exact) mass is 306 g/mol. The van der Waals surface area contributed by atoms with Crippen LogP contribution in [0.15, 0.2) is 60.2 Å². The van der Waals surface area contributed by atoms with Crippen molar-refractivity contribution in [1.82, 2.24) is 0 Å². The summed E-state index contributed by atoms with van der Waals surface area (Å²) < 4.78 is 5.56. The van der Waals surface area contributed by atoms with E-state index in [0.29, 0.717) is 5.69 Å². The Morgan fingerprint density at radius 1 is 1.13 bits per heavy atom. The zero-order valence-corrected chi connectivity index (χ0v) is 13.1. The molecule has 0 aliphatic rings. The Bertz CT molecular complexity index is 726. The minimum Gasteiger partial charge on any atom is -0.491 e. The van der Waals surface area contributed by atoms with E-state index >= 15 is 0 Å². The molecular formula is C19H18N2O2. The van der Waals surface area contributed by atoms with Crippen LogP contribution >= 0.6 is 0 Å². The van der Waals surface area contributed by atoms with Gasteiger partial charge < -0.3 is 10.1 Å². The number of nitrogens with zero attached hydrogens (tertiary/aromatic N) is 1. The summed E-state index contributed by atoms with van der Waals surface area (Å²) in [7, 11) is 0. The molecule has 23 heavy (non-hydrogen) atoms. The molecule has 0 atom stereocenters. The highest BCUT2D eigenvalue weighted by Gasteiger charge is 2.09. The van der Waals surface area contributed by atoms with Gasteiger partial charge in [-0.25, -0.2) is 0 Å². The van der Waals surface area contributed by atoms with Crippen LogP contribution in [0.3, 0.4) is 0 Å². The molecule has 0 radical (unpaired) electrons. The number of amides is 1. The number of hydrogen-bond acceptors (Lipinski definition) is 3. The molecule has 4 nitrogen and oxygen atoms in total. The van der Waals surface area contributed by atoms with E-state index < -0.39 is 5.91 Å². The normalized spacial score (nSPS) is 11.0. The average molecular weight is 306 g/mol. The Hall–Kier alpha value is -3.06. The summed E-state index contributed by atoms with van der Waals surface area (Å²) in [6.45, 7) is 3.91. The van der Waals surface area contributed by atoms with E-state index in [9.17, 15) is 10.1 Å². The van der Waals surface area contributed by atoms with Gasteiger partial charge in [-0.15, -0.1) is 0 Å². The first-order chi connectivity index (χ1) is 11.1. The maximum absolute atomic E-state index is 12.1. The fourth-order valence-corrected chi connectivity index (χ4v) is 1.95. The molecule has 2 aromatic carbocycles. The number of hydrogen-bond donors (Lipinski definition) is 1. The van der Waals surface area contributed by atoms with Gasteiger partial charge in [0.15, 0.2) is 0 Å². The average Bonchev–Trinajstić information content (AvgIpc) is 2.54. The summed E-state index contributed by atoms with van der Waals surface area (Å²) >= 11 is 0. The number of rotatable bonds is 5. The van der Waals surface area contributed by atoms with Crippen molar-refractivity contribution in [3.8, 4) is 11.8 Å². The van der Waals surface area contributed by atoms with Crippen LogP contribution in [-0.2, 0) is 4.79 Å². The van der Waals surface area contributed by atoms with Crippen molar-refractivity contribution in [3.63, 3.8) is 0 Å². The van der Waals surface area contributed by atoms with Crippen LogP contribution in [0.4, 0.5) is 5.69 Å². The SMILES string of the molecule is CC(C)Oc1ccc(/C=C(\C#N)C(=O)Nc2ccccc2)cc1. The molecule has 2 aromatic rings. The zero-order chi connectivity index (χ0) is 16.7. The summed E-state index contributed by atoms with van der Waals surface area (Å²) in [5.41, 5.74) is 1.46. The maximum Gasteiger partial charge on any atom is 0.266 e. The quantitative estimate of drug-likeness (QED) is 0.670. The van der Waals surface area contributed by atoms with Crippen LogP contribution in [0.1, 0.15) is 19.4 Å². The molecule has 2 rings (SSSR count). The van der Waals surface area contributed by atoms with E-state index in [2.05, 4.69) is 5.32 Å². The van der Waals surface area contributed by atoms with Gasteiger partial charge in [-0.2, -0.15) is 5.26 Å². The number of carbonyl (C=O) groups excluding carboxylic acids is 1. The van der Waals surface area contributed by atoms with Gasteiger partial charge in [-0.1, -0.05) is 30.3 Å². The fourth-order valence-electron chi connectivity index (χ4n) is 1.95. The predicted molar refractivity (Wildman–Crippen MR) is 90.9 cm³/mol. The molecule has 0 aliphatic carbocycles. The molecule has 0 spiro atoms. The van der Waals surface area contributed by atoms with Crippen molar-refractivity contribution in [1.29, 1.82) is 5.26 Å². The van der Waals surface area contributed by atoms with Crippen molar-refractivity contribution in [2.24, 2.45) is 0 Å². The topological polar surface area (TPSA) is 62.1 Å². The van der Waals surface area contributed by atoms with E-state index in [0.717, 1.165) is 11.3 Å². The molecule has 0 aliphatic heterocycles. The lowest BCUT2D eigenvalue weighted by molar-refractivity contribution is -0.112. The van der Waals surface area contributed by atoms with Gasteiger partial charge in [0.05, 0.1) is 6.10 Å². The molecule has 116 valence electrons. The molecule has 0 unspecified atom stereocenters. The van der Waals surface area contributed by atoms with E-state index in [4.69, 9.17) is 4.74 Å². The second kappa shape index (κ2) is 7.81. The van der Waals surface area contributed by atoms with Crippen LogP contribution in [0.25, 0.3) is 6.08 Å². The van der Waals surface area contributed by atoms with Crippen LogP contribution in [0.5, 0.6) is 5.75 Å². The summed E-state index contributed by atoms with van der Waals surface area (Å²) in [4.78, 5) is 12.1. The molecule has 0 bridgehead atoms. The van der Waals surface area contributed by atoms with Crippen molar-refractivity contribution in [2.75, 3.05) is 5.32 Å². The van der Waals surface area contributed by atoms with Gasteiger partial charge in [-0.05, 0) is 49.8 Å². The third-order valence-electron chi connectivity index (χ3n) is 2.96. The molecule has 0 fully saturated rings. The van der Waals surface area contributed by atoms with Crippen molar-refractivity contribution >= 4 is 17.7 Å². The Morgan fingerprint density at radius 3 is 2.35 bits per heavy atom.